The number of allylic oxidation sites excluding steroid dienone is 2. The highest BCUT2D eigenvalue weighted by molar-refractivity contribution is 5.95. The summed E-state index contributed by atoms with van der Waals surface area (Å²) < 4.78 is 5.63. The monoisotopic (exact) mass is 416 g/mol. The van der Waals surface area contributed by atoms with Gasteiger partial charge in [0.2, 0.25) is 0 Å². The van der Waals surface area contributed by atoms with Gasteiger partial charge in [-0.1, -0.05) is 50.3 Å². The normalized spacial score (nSPS) is 26.4. The maximum absolute atomic E-state index is 12.7. The van der Waals surface area contributed by atoms with Gasteiger partial charge in [0.25, 0.3) is 5.91 Å². The quantitative estimate of drug-likeness (QED) is 0.629. The average molecular weight is 417 g/mol. The summed E-state index contributed by atoms with van der Waals surface area (Å²) in [6.07, 6.45) is 7.96. The molecule has 4 nitrogen and oxygen atoms in total. The van der Waals surface area contributed by atoms with Gasteiger partial charge in [0.05, 0.1) is 12.1 Å². The Hall–Kier alpha value is -2.59. The van der Waals surface area contributed by atoms with Gasteiger partial charge in [-0.25, -0.2) is 0 Å². The molecule has 3 aliphatic rings. The van der Waals surface area contributed by atoms with Crippen LogP contribution in [-0.4, -0.2) is 25.2 Å². The molecule has 1 aliphatic carbocycles. The van der Waals surface area contributed by atoms with Gasteiger partial charge in [0.1, 0.15) is 0 Å². The van der Waals surface area contributed by atoms with Gasteiger partial charge in [-0.05, 0) is 66.0 Å². The first kappa shape index (κ1) is 20.3. The van der Waals surface area contributed by atoms with Crippen molar-refractivity contribution in [1.82, 2.24) is 5.32 Å². The molecule has 0 spiro atoms. The zero-order valence-corrected chi connectivity index (χ0v) is 18.4. The van der Waals surface area contributed by atoms with Gasteiger partial charge < -0.3 is 15.4 Å². The SMILES string of the molecule is CC(C)c1ccc(C2Nc3ccc(C(=O)NCC4CCCO4)cc3C3C=CCC32)cc1. The van der Waals surface area contributed by atoms with Gasteiger partial charge in [0, 0.05) is 30.3 Å². The first-order valence-corrected chi connectivity index (χ1v) is 11.7. The van der Waals surface area contributed by atoms with Crippen LogP contribution in [0.25, 0.3) is 0 Å². The van der Waals surface area contributed by atoms with Crippen molar-refractivity contribution < 1.29 is 9.53 Å². The standard InChI is InChI=1S/C27H32N2O2/c1-17(2)18-8-10-19(11-9-18)26-23-7-3-6-22(23)24-15-20(12-13-25(24)29-26)27(30)28-16-21-5-4-14-31-21/h3,6,8-13,15,17,21-23,26,29H,4-5,7,14,16H2,1-2H3,(H,28,30). The molecule has 4 heteroatoms. The lowest BCUT2D eigenvalue weighted by molar-refractivity contribution is 0.0857. The Kier molecular flexibility index (Phi) is 5.58. The molecule has 2 N–H and O–H groups in total. The summed E-state index contributed by atoms with van der Waals surface area (Å²) in [4.78, 5) is 12.7. The maximum atomic E-state index is 12.7. The first-order valence-electron chi connectivity index (χ1n) is 11.7. The molecular formula is C27H32N2O2. The molecule has 0 radical (unpaired) electrons. The number of nitrogens with one attached hydrogen (secondary N) is 2. The molecule has 1 fully saturated rings. The van der Waals surface area contributed by atoms with Crippen molar-refractivity contribution in [3.05, 3.63) is 76.9 Å². The van der Waals surface area contributed by atoms with Crippen molar-refractivity contribution in [2.45, 2.75) is 57.1 Å². The molecule has 162 valence electrons. The molecule has 1 saturated heterocycles. The third kappa shape index (κ3) is 4.01. The van der Waals surface area contributed by atoms with Crippen molar-refractivity contribution in [1.29, 1.82) is 0 Å². The largest absolute Gasteiger partial charge is 0.378 e. The molecule has 0 saturated carbocycles. The summed E-state index contributed by atoms with van der Waals surface area (Å²) in [5, 5.41) is 6.84. The minimum Gasteiger partial charge on any atom is -0.378 e. The number of anilines is 1. The van der Waals surface area contributed by atoms with Crippen molar-refractivity contribution >= 4 is 11.6 Å². The summed E-state index contributed by atoms with van der Waals surface area (Å²) in [5.74, 6) is 1.35. The lowest BCUT2D eigenvalue weighted by Crippen LogP contribution is -2.32. The second kappa shape index (κ2) is 8.51. The second-order valence-electron chi connectivity index (χ2n) is 9.44. The Labute approximate surface area is 185 Å². The predicted molar refractivity (Wildman–Crippen MR) is 125 cm³/mol. The number of hydrogen-bond donors (Lipinski definition) is 2. The minimum absolute atomic E-state index is 0.0109. The van der Waals surface area contributed by atoms with E-state index in [-0.39, 0.29) is 18.1 Å². The minimum atomic E-state index is -0.0109. The van der Waals surface area contributed by atoms with Crippen LogP contribution >= 0.6 is 0 Å². The molecule has 2 aliphatic heterocycles. The van der Waals surface area contributed by atoms with Gasteiger partial charge in [0.15, 0.2) is 0 Å². The summed E-state index contributed by atoms with van der Waals surface area (Å²) >= 11 is 0. The Bertz CT molecular complexity index is 973. The molecule has 0 bridgehead atoms. The summed E-state index contributed by atoms with van der Waals surface area (Å²) in [7, 11) is 0. The van der Waals surface area contributed by atoms with Crippen LogP contribution in [0, 0.1) is 5.92 Å². The van der Waals surface area contributed by atoms with E-state index < -0.39 is 0 Å². The van der Waals surface area contributed by atoms with E-state index in [1.807, 2.05) is 6.07 Å². The zero-order valence-electron chi connectivity index (χ0n) is 18.4. The molecule has 0 aromatic heterocycles. The third-order valence-corrected chi connectivity index (χ3v) is 7.10. The van der Waals surface area contributed by atoms with Gasteiger partial charge in [-0.3, -0.25) is 4.79 Å². The number of rotatable bonds is 5. The summed E-state index contributed by atoms with van der Waals surface area (Å²) in [6.45, 7) is 5.86. The highest BCUT2D eigenvalue weighted by Gasteiger charge is 2.38. The number of fused-ring (bicyclic) bond motifs is 3. The average Bonchev–Trinajstić information content (AvgIpc) is 3.49. The number of amides is 1. The molecular weight excluding hydrogens is 384 g/mol. The predicted octanol–water partition coefficient (Wildman–Crippen LogP) is 5.55. The zero-order chi connectivity index (χ0) is 21.4. The molecule has 2 heterocycles. The van der Waals surface area contributed by atoms with E-state index in [0.29, 0.717) is 24.3 Å². The number of carbonyl (C=O) groups excluding carboxylic acids is 1. The van der Waals surface area contributed by atoms with Crippen molar-refractivity contribution in [2.75, 3.05) is 18.5 Å². The lowest BCUT2D eigenvalue weighted by Gasteiger charge is -2.37. The lowest BCUT2D eigenvalue weighted by atomic mass is 9.76. The maximum Gasteiger partial charge on any atom is 0.251 e. The van der Waals surface area contributed by atoms with Gasteiger partial charge >= 0.3 is 0 Å². The Morgan fingerprint density at radius 2 is 2.03 bits per heavy atom. The molecule has 1 amide bonds. The highest BCUT2D eigenvalue weighted by Crippen LogP contribution is 2.50. The molecule has 2 aromatic rings. The molecule has 4 unspecified atom stereocenters. The summed E-state index contributed by atoms with van der Waals surface area (Å²) in [6, 6.07) is 15.5. The van der Waals surface area contributed by atoms with Crippen molar-refractivity contribution in [2.24, 2.45) is 5.92 Å². The van der Waals surface area contributed by atoms with Crippen LogP contribution in [0.1, 0.15) is 78.0 Å². The van der Waals surface area contributed by atoms with Gasteiger partial charge in [-0.15, -0.1) is 0 Å². The first-order chi connectivity index (χ1) is 15.1. The van der Waals surface area contributed by atoms with Gasteiger partial charge in [-0.2, -0.15) is 0 Å². The Balaban J connectivity index is 1.36. The van der Waals surface area contributed by atoms with Crippen molar-refractivity contribution in [3.8, 4) is 0 Å². The Morgan fingerprint density at radius 1 is 1.19 bits per heavy atom. The number of benzene rings is 2. The van der Waals surface area contributed by atoms with Crippen LogP contribution < -0.4 is 10.6 Å². The molecule has 31 heavy (non-hydrogen) atoms. The summed E-state index contributed by atoms with van der Waals surface area (Å²) in [5.41, 5.74) is 5.82. The van der Waals surface area contributed by atoms with Crippen LogP contribution in [0.15, 0.2) is 54.6 Å². The van der Waals surface area contributed by atoms with E-state index in [1.165, 1.54) is 16.7 Å². The van der Waals surface area contributed by atoms with Crippen LogP contribution in [0.5, 0.6) is 0 Å². The fourth-order valence-electron chi connectivity index (χ4n) is 5.27. The molecule has 2 aromatic carbocycles. The topological polar surface area (TPSA) is 50.4 Å². The van der Waals surface area contributed by atoms with E-state index >= 15 is 0 Å². The molecule has 5 rings (SSSR count). The van der Waals surface area contributed by atoms with Crippen LogP contribution in [0.3, 0.4) is 0 Å². The van der Waals surface area contributed by atoms with Crippen molar-refractivity contribution in [3.63, 3.8) is 0 Å². The van der Waals surface area contributed by atoms with E-state index in [0.717, 1.165) is 37.1 Å². The van der Waals surface area contributed by atoms with E-state index in [9.17, 15) is 4.79 Å². The third-order valence-electron chi connectivity index (χ3n) is 7.10. The smallest absolute Gasteiger partial charge is 0.251 e. The molecule has 4 atom stereocenters. The number of ether oxygens (including phenoxy) is 1. The van der Waals surface area contributed by atoms with E-state index in [4.69, 9.17) is 4.74 Å². The Morgan fingerprint density at radius 3 is 2.77 bits per heavy atom. The second-order valence-corrected chi connectivity index (χ2v) is 9.44. The van der Waals surface area contributed by atoms with Crippen LogP contribution in [0.2, 0.25) is 0 Å². The van der Waals surface area contributed by atoms with E-state index in [2.05, 4.69) is 73.0 Å². The number of carbonyl (C=O) groups is 1. The van der Waals surface area contributed by atoms with E-state index in [1.54, 1.807) is 0 Å². The fourth-order valence-corrected chi connectivity index (χ4v) is 5.27. The van der Waals surface area contributed by atoms with Crippen LogP contribution in [-0.2, 0) is 4.74 Å². The highest BCUT2D eigenvalue weighted by atomic mass is 16.5. The fraction of sp³-hybridized carbons (Fsp3) is 0.444. The number of hydrogen-bond acceptors (Lipinski definition) is 3. The van der Waals surface area contributed by atoms with Crippen LogP contribution in [0.4, 0.5) is 5.69 Å².